The molecule has 1 aliphatic rings. The summed E-state index contributed by atoms with van der Waals surface area (Å²) in [6, 6.07) is 14.9. The lowest BCUT2D eigenvalue weighted by Crippen LogP contribution is -2.40. The Kier molecular flexibility index (Phi) is 15.3. The van der Waals surface area contributed by atoms with Crippen LogP contribution in [0.3, 0.4) is 0 Å². The molecule has 0 amide bonds. The van der Waals surface area contributed by atoms with E-state index in [0.717, 1.165) is 50.9 Å². The lowest BCUT2D eigenvalue weighted by Gasteiger charge is -2.35. The zero-order valence-corrected chi connectivity index (χ0v) is 22.3. The lowest BCUT2D eigenvalue weighted by molar-refractivity contribution is 0.175. The first-order chi connectivity index (χ1) is 15.7. The fourth-order valence-electron chi connectivity index (χ4n) is 4.98. The normalized spacial score (nSPS) is 14.8. The van der Waals surface area contributed by atoms with Crippen LogP contribution < -0.4 is 5.32 Å². The summed E-state index contributed by atoms with van der Waals surface area (Å²) in [4.78, 5) is 2.66. The molecule has 0 aliphatic heterocycles. The number of aryl methyl sites for hydroxylation is 1. The molecule has 0 fully saturated rings. The van der Waals surface area contributed by atoms with Crippen molar-refractivity contribution >= 4 is 24.8 Å². The highest BCUT2D eigenvalue weighted by atomic mass is 35.5. The maximum absolute atomic E-state index is 10.1. The Balaban J connectivity index is 0.00000289. The summed E-state index contributed by atoms with van der Waals surface area (Å²) in [7, 11) is 0. The van der Waals surface area contributed by atoms with Crippen LogP contribution in [0.15, 0.2) is 42.5 Å². The monoisotopic (exact) mass is 510 g/mol. The molecule has 0 bridgehead atoms. The molecule has 0 heterocycles. The topological polar surface area (TPSA) is 55.7 Å². The van der Waals surface area contributed by atoms with E-state index in [9.17, 15) is 10.2 Å². The van der Waals surface area contributed by atoms with Crippen molar-refractivity contribution < 1.29 is 10.2 Å². The second-order valence-electron chi connectivity index (χ2n) is 9.26. The molecule has 2 aromatic rings. The minimum Gasteiger partial charge on any atom is -0.504 e. The first-order valence-electron chi connectivity index (χ1n) is 12.7. The van der Waals surface area contributed by atoms with E-state index in [0.29, 0.717) is 6.04 Å². The maximum atomic E-state index is 10.1. The number of phenolic OH excluding ortho intramolecular Hbond substituents is 2. The predicted octanol–water partition coefficient (Wildman–Crippen LogP) is 6.29. The summed E-state index contributed by atoms with van der Waals surface area (Å²) in [6.07, 6.45) is 11.6. The Morgan fingerprint density at radius 3 is 2.38 bits per heavy atom. The summed E-state index contributed by atoms with van der Waals surface area (Å²) in [5.74, 6) is 0.106. The summed E-state index contributed by atoms with van der Waals surface area (Å²) in [6.45, 7) is 6.81. The number of fused-ring (bicyclic) bond motifs is 1. The van der Waals surface area contributed by atoms with Gasteiger partial charge in [0.15, 0.2) is 11.5 Å². The highest BCUT2D eigenvalue weighted by molar-refractivity contribution is 5.85. The van der Waals surface area contributed by atoms with Gasteiger partial charge in [-0.3, -0.25) is 0 Å². The second kappa shape index (κ2) is 17.0. The van der Waals surface area contributed by atoms with E-state index in [1.54, 1.807) is 6.07 Å². The average molecular weight is 512 g/mol. The van der Waals surface area contributed by atoms with Gasteiger partial charge in [0, 0.05) is 11.6 Å². The SMILES string of the molecule is CCCN(CCCCCCNCCCc1ccccc1)C1CCc2c(ccc(O)c2O)C1.Cl.Cl. The van der Waals surface area contributed by atoms with Crippen LogP contribution in [0.2, 0.25) is 0 Å². The quantitative estimate of drug-likeness (QED) is 0.206. The molecule has 0 aromatic heterocycles. The van der Waals surface area contributed by atoms with Gasteiger partial charge in [0.2, 0.25) is 0 Å². The van der Waals surface area contributed by atoms with Gasteiger partial charge in [0.1, 0.15) is 0 Å². The van der Waals surface area contributed by atoms with E-state index in [1.807, 2.05) is 6.07 Å². The highest BCUT2D eigenvalue weighted by Crippen LogP contribution is 2.36. The number of hydrogen-bond acceptors (Lipinski definition) is 4. The molecule has 0 saturated heterocycles. The van der Waals surface area contributed by atoms with Gasteiger partial charge in [-0.2, -0.15) is 0 Å². The number of phenols is 2. The van der Waals surface area contributed by atoms with Gasteiger partial charge >= 0.3 is 0 Å². The molecular formula is C28H44Cl2N2O2. The zero-order chi connectivity index (χ0) is 22.6. The fraction of sp³-hybridized carbons (Fsp3) is 0.571. The van der Waals surface area contributed by atoms with Crippen LogP contribution in [-0.4, -0.2) is 47.3 Å². The first kappa shape index (κ1) is 30.6. The van der Waals surface area contributed by atoms with Crippen molar-refractivity contribution in [2.45, 2.75) is 77.2 Å². The molecule has 0 saturated carbocycles. The first-order valence-corrected chi connectivity index (χ1v) is 12.7. The van der Waals surface area contributed by atoms with Gasteiger partial charge in [-0.05, 0) is 94.7 Å². The van der Waals surface area contributed by atoms with Crippen LogP contribution >= 0.6 is 24.8 Å². The van der Waals surface area contributed by atoms with Crippen LogP contribution in [0.25, 0.3) is 0 Å². The van der Waals surface area contributed by atoms with Crippen LogP contribution in [0.5, 0.6) is 11.5 Å². The molecule has 34 heavy (non-hydrogen) atoms. The Hall–Kier alpha value is -1.46. The van der Waals surface area contributed by atoms with Crippen molar-refractivity contribution in [2.24, 2.45) is 0 Å². The summed E-state index contributed by atoms with van der Waals surface area (Å²) in [5.41, 5.74) is 3.59. The number of unbranched alkanes of at least 4 members (excludes halogenated alkanes) is 3. The molecule has 1 aliphatic carbocycles. The van der Waals surface area contributed by atoms with Gasteiger partial charge in [0.25, 0.3) is 0 Å². The van der Waals surface area contributed by atoms with Crippen molar-refractivity contribution in [2.75, 3.05) is 26.2 Å². The van der Waals surface area contributed by atoms with Gasteiger partial charge in [0.05, 0.1) is 0 Å². The minimum absolute atomic E-state index is 0. The third kappa shape index (κ3) is 9.65. The van der Waals surface area contributed by atoms with E-state index in [2.05, 4.69) is 47.5 Å². The number of hydrogen-bond donors (Lipinski definition) is 3. The third-order valence-corrected chi connectivity index (χ3v) is 6.78. The van der Waals surface area contributed by atoms with Crippen LogP contribution in [0, 0.1) is 0 Å². The van der Waals surface area contributed by atoms with Crippen molar-refractivity contribution in [3.63, 3.8) is 0 Å². The van der Waals surface area contributed by atoms with Gasteiger partial charge < -0.3 is 20.4 Å². The third-order valence-electron chi connectivity index (χ3n) is 6.78. The van der Waals surface area contributed by atoms with Crippen LogP contribution in [0.1, 0.15) is 68.6 Å². The molecule has 0 radical (unpaired) electrons. The Morgan fingerprint density at radius 1 is 0.882 bits per heavy atom. The molecule has 1 atom stereocenters. The van der Waals surface area contributed by atoms with Gasteiger partial charge in [-0.25, -0.2) is 0 Å². The minimum atomic E-state index is 0. The standard InChI is InChI=1S/C28H42N2O2.2ClH/c1-2-20-30(25-15-16-26-24(22-25)14-17-27(31)28(26)32)21-9-4-3-8-18-29-19-10-13-23-11-6-5-7-12-23;;/h5-7,11-12,14,17,25,29,31-32H,2-4,8-10,13,15-16,18-22H2,1H3;2*1H. The number of aromatic hydroxyl groups is 2. The summed E-state index contributed by atoms with van der Waals surface area (Å²) >= 11 is 0. The number of nitrogens with one attached hydrogen (secondary N) is 1. The van der Waals surface area contributed by atoms with Crippen molar-refractivity contribution in [3.8, 4) is 11.5 Å². The van der Waals surface area contributed by atoms with Crippen LogP contribution in [0.4, 0.5) is 0 Å². The van der Waals surface area contributed by atoms with E-state index in [4.69, 9.17) is 0 Å². The van der Waals surface area contributed by atoms with E-state index < -0.39 is 0 Å². The molecule has 1 unspecified atom stereocenters. The van der Waals surface area contributed by atoms with Gasteiger partial charge in [-0.15, -0.1) is 24.8 Å². The average Bonchev–Trinajstić information content (AvgIpc) is 2.82. The van der Waals surface area contributed by atoms with Crippen LogP contribution in [-0.2, 0) is 19.3 Å². The summed E-state index contributed by atoms with van der Waals surface area (Å²) < 4.78 is 0. The van der Waals surface area contributed by atoms with E-state index >= 15 is 0 Å². The maximum Gasteiger partial charge on any atom is 0.160 e. The molecule has 2 aromatic carbocycles. The molecule has 3 rings (SSSR count). The predicted molar refractivity (Wildman–Crippen MR) is 148 cm³/mol. The molecule has 6 heteroatoms. The molecule has 3 N–H and O–H groups in total. The van der Waals surface area contributed by atoms with Crippen molar-refractivity contribution in [3.05, 3.63) is 59.2 Å². The van der Waals surface area contributed by atoms with E-state index in [-0.39, 0.29) is 36.3 Å². The van der Waals surface area contributed by atoms with Crippen molar-refractivity contribution in [1.29, 1.82) is 0 Å². The summed E-state index contributed by atoms with van der Waals surface area (Å²) in [5, 5.41) is 23.5. The largest absolute Gasteiger partial charge is 0.504 e. The second-order valence-corrected chi connectivity index (χ2v) is 9.26. The number of benzene rings is 2. The van der Waals surface area contributed by atoms with E-state index in [1.165, 1.54) is 56.2 Å². The number of rotatable bonds is 14. The number of nitrogens with zero attached hydrogens (tertiary/aromatic N) is 1. The lowest BCUT2D eigenvalue weighted by atomic mass is 9.86. The Morgan fingerprint density at radius 2 is 1.62 bits per heavy atom. The smallest absolute Gasteiger partial charge is 0.160 e. The molecule has 4 nitrogen and oxygen atoms in total. The van der Waals surface area contributed by atoms with Gasteiger partial charge in [-0.1, -0.05) is 56.2 Å². The molecule has 192 valence electrons. The fourth-order valence-corrected chi connectivity index (χ4v) is 4.98. The zero-order valence-electron chi connectivity index (χ0n) is 20.7. The molecular weight excluding hydrogens is 467 g/mol. The Bertz CT molecular complexity index is 804. The van der Waals surface area contributed by atoms with Crippen molar-refractivity contribution in [1.82, 2.24) is 10.2 Å². The Labute approximate surface area is 219 Å². The number of halogens is 2. The highest BCUT2D eigenvalue weighted by Gasteiger charge is 2.26. The molecule has 0 spiro atoms.